The van der Waals surface area contributed by atoms with E-state index in [0.717, 1.165) is 24.2 Å². The zero-order valence-corrected chi connectivity index (χ0v) is 12.3. The number of hydrogen-bond acceptors (Lipinski definition) is 2. The number of para-hydroxylation sites is 1. The Balaban J connectivity index is 2.68. The van der Waals surface area contributed by atoms with Crippen LogP contribution < -0.4 is 10.7 Å². The quantitative estimate of drug-likeness (QED) is 0.493. The fraction of sp³-hybridized carbons (Fsp3) is 0.429. The van der Waals surface area contributed by atoms with Crippen LogP contribution in [0.1, 0.15) is 37.8 Å². The number of benzene rings is 1. The van der Waals surface area contributed by atoms with Gasteiger partial charge in [-0.1, -0.05) is 32.0 Å². The average Bonchev–Trinajstić information content (AvgIpc) is 2.35. The summed E-state index contributed by atoms with van der Waals surface area (Å²) in [6.07, 6.45) is 1.88. The Morgan fingerprint density at radius 1 is 1.17 bits per heavy atom. The maximum absolute atomic E-state index is 5.24. The van der Waals surface area contributed by atoms with Crippen molar-refractivity contribution < 1.29 is 0 Å². The third-order valence-electron chi connectivity index (χ3n) is 2.85. The van der Waals surface area contributed by atoms with Crippen molar-refractivity contribution in [2.24, 2.45) is 5.10 Å². The lowest BCUT2D eigenvalue weighted by molar-refractivity contribution is 0.991. The molecule has 0 unspecified atom stereocenters. The van der Waals surface area contributed by atoms with Crippen LogP contribution in [-0.4, -0.2) is 10.8 Å². The highest BCUT2D eigenvalue weighted by Gasteiger charge is 2.03. The largest absolute Gasteiger partial charge is 0.331 e. The fourth-order valence-corrected chi connectivity index (χ4v) is 1.84. The van der Waals surface area contributed by atoms with E-state index in [-0.39, 0.29) is 0 Å². The molecule has 0 heterocycles. The van der Waals surface area contributed by atoms with Gasteiger partial charge >= 0.3 is 0 Å². The van der Waals surface area contributed by atoms with Crippen LogP contribution in [0, 0.1) is 13.8 Å². The molecule has 2 N–H and O–H groups in total. The molecular formula is C14H21N3S. The molecule has 0 saturated heterocycles. The van der Waals surface area contributed by atoms with Crippen molar-refractivity contribution in [3.63, 3.8) is 0 Å². The first-order valence-electron chi connectivity index (χ1n) is 6.27. The number of hydrazone groups is 1. The maximum Gasteiger partial charge on any atom is 0.191 e. The van der Waals surface area contributed by atoms with E-state index in [9.17, 15) is 0 Å². The van der Waals surface area contributed by atoms with E-state index in [0.29, 0.717) is 5.11 Å². The first kappa shape index (κ1) is 14.6. The molecule has 1 aromatic rings. The van der Waals surface area contributed by atoms with Gasteiger partial charge in [0.2, 0.25) is 0 Å². The summed E-state index contributed by atoms with van der Waals surface area (Å²) in [5.74, 6) is 0. The van der Waals surface area contributed by atoms with Crippen LogP contribution in [0.2, 0.25) is 0 Å². The third-order valence-corrected chi connectivity index (χ3v) is 3.04. The number of nitrogens with zero attached hydrogens (tertiary/aromatic N) is 1. The monoisotopic (exact) mass is 263 g/mol. The summed E-state index contributed by atoms with van der Waals surface area (Å²) >= 11 is 5.24. The Kier molecular flexibility index (Phi) is 5.78. The highest BCUT2D eigenvalue weighted by atomic mass is 32.1. The smallest absolute Gasteiger partial charge is 0.191 e. The SMILES string of the molecule is CCC(CC)=NNC(=S)Nc1c(C)cccc1C. The molecule has 0 fully saturated rings. The number of thiocarbonyl (C=S) groups is 1. The number of nitrogens with one attached hydrogen (secondary N) is 2. The Hall–Kier alpha value is -1.42. The zero-order chi connectivity index (χ0) is 13.5. The van der Waals surface area contributed by atoms with Gasteiger partial charge in [0, 0.05) is 11.4 Å². The summed E-state index contributed by atoms with van der Waals surface area (Å²) in [7, 11) is 0. The lowest BCUT2D eigenvalue weighted by Crippen LogP contribution is -2.25. The molecule has 3 nitrogen and oxygen atoms in total. The van der Waals surface area contributed by atoms with E-state index in [1.807, 2.05) is 6.07 Å². The Labute approximate surface area is 115 Å². The molecule has 0 spiro atoms. The lowest BCUT2D eigenvalue weighted by atomic mass is 10.1. The van der Waals surface area contributed by atoms with E-state index >= 15 is 0 Å². The van der Waals surface area contributed by atoms with Crippen molar-refractivity contribution in [1.82, 2.24) is 5.43 Å². The molecule has 0 aromatic heterocycles. The molecule has 0 aliphatic heterocycles. The number of anilines is 1. The first-order chi connectivity index (χ1) is 8.58. The number of rotatable bonds is 4. The molecule has 0 bridgehead atoms. The second-order valence-corrected chi connectivity index (χ2v) is 4.63. The van der Waals surface area contributed by atoms with Gasteiger partial charge in [-0.3, -0.25) is 5.43 Å². The summed E-state index contributed by atoms with van der Waals surface area (Å²) in [6, 6.07) is 6.16. The van der Waals surface area contributed by atoms with Crippen LogP contribution in [0.15, 0.2) is 23.3 Å². The van der Waals surface area contributed by atoms with Gasteiger partial charge in [0.05, 0.1) is 0 Å². The first-order valence-corrected chi connectivity index (χ1v) is 6.67. The van der Waals surface area contributed by atoms with Gasteiger partial charge in [-0.15, -0.1) is 0 Å². The van der Waals surface area contributed by atoms with Crippen LogP contribution in [0.5, 0.6) is 0 Å². The summed E-state index contributed by atoms with van der Waals surface area (Å²) in [5.41, 5.74) is 7.41. The summed E-state index contributed by atoms with van der Waals surface area (Å²) in [5, 5.41) is 8.01. The van der Waals surface area contributed by atoms with Crippen molar-refractivity contribution in [1.29, 1.82) is 0 Å². The average molecular weight is 263 g/mol. The summed E-state index contributed by atoms with van der Waals surface area (Å²) in [6.45, 7) is 8.30. The van der Waals surface area contributed by atoms with Gasteiger partial charge in [0.1, 0.15) is 0 Å². The van der Waals surface area contributed by atoms with Crippen LogP contribution in [0.3, 0.4) is 0 Å². The molecule has 0 aliphatic carbocycles. The van der Waals surface area contributed by atoms with E-state index < -0.39 is 0 Å². The molecule has 0 saturated carbocycles. The highest BCUT2D eigenvalue weighted by molar-refractivity contribution is 7.80. The molecule has 0 amide bonds. The minimum atomic E-state index is 0.534. The van der Waals surface area contributed by atoms with E-state index in [4.69, 9.17) is 12.2 Å². The number of hydrogen-bond donors (Lipinski definition) is 2. The molecular weight excluding hydrogens is 242 g/mol. The predicted molar refractivity (Wildman–Crippen MR) is 83.3 cm³/mol. The van der Waals surface area contributed by atoms with E-state index in [2.05, 4.69) is 55.7 Å². The molecule has 0 radical (unpaired) electrons. The Bertz CT molecular complexity index is 426. The Morgan fingerprint density at radius 3 is 2.22 bits per heavy atom. The van der Waals surface area contributed by atoms with Crippen molar-refractivity contribution in [2.45, 2.75) is 40.5 Å². The molecule has 1 rings (SSSR count). The van der Waals surface area contributed by atoms with Gasteiger partial charge in [-0.25, -0.2) is 0 Å². The van der Waals surface area contributed by atoms with Gasteiger partial charge < -0.3 is 5.32 Å². The van der Waals surface area contributed by atoms with Crippen molar-refractivity contribution >= 4 is 28.7 Å². The van der Waals surface area contributed by atoms with Crippen LogP contribution >= 0.6 is 12.2 Å². The minimum Gasteiger partial charge on any atom is -0.331 e. The number of aryl methyl sites for hydroxylation is 2. The van der Waals surface area contributed by atoms with E-state index in [1.165, 1.54) is 11.1 Å². The molecule has 0 atom stereocenters. The Morgan fingerprint density at radius 2 is 1.72 bits per heavy atom. The normalized spacial score (nSPS) is 9.78. The van der Waals surface area contributed by atoms with E-state index in [1.54, 1.807) is 0 Å². The highest BCUT2D eigenvalue weighted by Crippen LogP contribution is 2.19. The van der Waals surface area contributed by atoms with Crippen molar-refractivity contribution in [3.05, 3.63) is 29.3 Å². The molecule has 0 aliphatic rings. The topological polar surface area (TPSA) is 36.4 Å². The zero-order valence-electron chi connectivity index (χ0n) is 11.5. The van der Waals surface area contributed by atoms with Crippen molar-refractivity contribution in [2.75, 3.05) is 5.32 Å². The third kappa shape index (κ3) is 4.11. The fourth-order valence-electron chi connectivity index (χ4n) is 1.69. The maximum atomic E-state index is 5.24. The summed E-state index contributed by atoms with van der Waals surface area (Å²) < 4.78 is 0. The van der Waals surface area contributed by atoms with Gasteiger partial charge in [-0.05, 0) is 50.0 Å². The summed E-state index contributed by atoms with van der Waals surface area (Å²) in [4.78, 5) is 0. The molecule has 98 valence electrons. The lowest BCUT2D eigenvalue weighted by Gasteiger charge is -2.13. The van der Waals surface area contributed by atoms with Gasteiger partial charge in [-0.2, -0.15) is 5.10 Å². The standard InChI is InChI=1S/C14H21N3S/c1-5-12(6-2)16-17-14(18)15-13-10(3)8-7-9-11(13)4/h7-9H,5-6H2,1-4H3,(H2,15,17,18). The van der Waals surface area contributed by atoms with Crippen LogP contribution in [0.4, 0.5) is 5.69 Å². The molecule has 1 aromatic carbocycles. The second-order valence-electron chi connectivity index (χ2n) is 4.22. The van der Waals surface area contributed by atoms with Gasteiger partial charge in [0.15, 0.2) is 5.11 Å². The van der Waals surface area contributed by atoms with Gasteiger partial charge in [0.25, 0.3) is 0 Å². The van der Waals surface area contributed by atoms with Crippen LogP contribution in [0.25, 0.3) is 0 Å². The van der Waals surface area contributed by atoms with Crippen molar-refractivity contribution in [3.8, 4) is 0 Å². The second kappa shape index (κ2) is 7.11. The predicted octanol–water partition coefficient (Wildman–Crippen LogP) is 3.77. The minimum absolute atomic E-state index is 0.534. The van der Waals surface area contributed by atoms with Crippen LogP contribution in [-0.2, 0) is 0 Å². The molecule has 4 heteroatoms. The molecule has 18 heavy (non-hydrogen) atoms.